The van der Waals surface area contributed by atoms with Crippen molar-refractivity contribution in [1.29, 1.82) is 0 Å². The average Bonchev–Trinajstić information content (AvgIpc) is 2.48. The highest BCUT2D eigenvalue weighted by Gasteiger charge is 2.11. The van der Waals surface area contributed by atoms with Crippen LogP contribution in [0.4, 0.5) is 4.39 Å². The molecule has 1 aromatic carbocycles. The van der Waals surface area contributed by atoms with Crippen molar-refractivity contribution >= 4 is 5.97 Å². The maximum absolute atomic E-state index is 12.9. The molecule has 0 fully saturated rings. The van der Waals surface area contributed by atoms with Crippen LogP contribution in [0, 0.1) is 5.82 Å². The molecule has 2 rings (SSSR count). The summed E-state index contributed by atoms with van der Waals surface area (Å²) in [6.07, 6.45) is 2.39. The summed E-state index contributed by atoms with van der Waals surface area (Å²) in [5.74, 6) is -1.17. The molecule has 0 amide bonds. The van der Waals surface area contributed by atoms with Crippen LogP contribution in [-0.2, 0) is 17.8 Å². The second kappa shape index (κ2) is 7.50. The maximum atomic E-state index is 12.9. The van der Waals surface area contributed by atoms with Crippen molar-refractivity contribution in [3.8, 4) is 0 Å². The monoisotopic (exact) mass is 288 g/mol. The molecule has 1 N–H and O–H groups in total. The van der Waals surface area contributed by atoms with E-state index in [-0.39, 0.29) is 12.4 Å². The van der Waals surface area contributed by atoms with Crippen LogP contribution >= 0.6 is 0 Å². The predicted octanol–water partition coefficient (Wildman–Crippen LogP) is 2.35. The van der Waals surface area contributed by atoms with Gasteiger partial charge in [0.15, 0.2) is 0 Å². The second-order valence-electron chi connectivity index (χ2n) is 4.80. The zero-order chi connectivity index (χ0) is 15.1. The van der Waals surface area contributed by atoms with Crippen LogP contribution in [0.5, 0.6) is 0 Å². The molecule has 0 aliphatic heterocycles. The molecule has 0 spiro atoms. The van der Waals surface area contributed by atoms with E-state index in [1.807, 2.05) is 23.1 Å². The normalized spacial score (nSPS) is 10.8. The van der Waals surface area contributed by atoms with Gasteiger partial charge < -0.3 is 5.11 Å². The van der Waals surface area contributed by atoms with E-state index in [2.05, 4.69) is 4.98 Å². The smallest absolute Gasteiger partial charge is 0.317 e. The SMILES string of the molecule is O=C(O)CN(CCc1ccccn1)Cc1ccc(F)cc1. The first-order valence-corrected chi connectivity index (χ1v) is 6.72. The summed E-state index contributed by atoms with van der Waals surface area (Å²) in [4.78, 5) is 17.0. The van der Waals surface area contributed by atoms with Gasteiger partial charge in [-0.25, -0.2) is 4.39 Å². The Balaban J connectivity index is 1.97. The molecular formula is C16H17FN2O2. The van der Waals surface area contributed by atoms with Gasteiger partial charge in [0.1, 0.15) is 5.82 Å². The van der Waals surface area contributed by atoms with Crippen molar-refractivity contribution in [3.63, 3.8) is 0 Å². The first-order chi connectivity index (χ1) is 10.1. The van der Waals surface area contributed by atoms with Crippen LogP contribution in [0.3, 0.4) is 0 Å². The van der Waals surface area contributed by atoms with Crippen molar-refractivity contribution in [2.45, 2.75) is 13.0 Å². The molecule has 0 atom stereocenters. The van der Waals surface area contributed by atoms with E-state index in [1.54, 1.807) is 18.3 Å². The lowest BCUT2D eigenvalue weighted by Gasteiger charge is -2.20. The van der Waals surface area contributed by atoms with Gasteiger partial charge >= 0.3 is 5.97 Å². The van der Waals surface area contributed by atoms with Crippen molar-refractivity contribution in [2.75, 3.05) is 13.1 Å². The molecule has 21 heavy (non-hydrogen) atoms. The summed E-state index contributed by atoms with van der Waals surface area (Å²) >= 11 is 0. The highest BCUT2D eigenvalue weighted by molar-refractivity contribution is 5.69. The lowest BCUT2D eigenvalue weighted by Crippen LogP contribution is -2.31. The molecule has 0 radical (unpaired) electrons. The molecule has 1 aromatic heterocycles. The van der Waals surface area contributed by atoms with E-state index in [9.17, 15) is 9.18 Å². The van der Waals surface area contributed by atoms with E-state index in [0.29, 0.717) is 19.5 Å². The number of hydrogen-bond donors (Lipinski definition) is 1. The number of halogens is 1. The summed E-state index contributed by atoms with van der Waals surface area (Å²) in [5.41, 5.74) is 1.81. The van der Waals surface area contributed by atoms with Gasteiger partial charge in [0, 0.05) is 31.4 Å². The number of rotatable bonds is 7. The van der Waals surface area contributed by atoms with Crippen LogP contribution in [0.1, 0.15) is 11.3 Å². The van der Waals surface area contributed by atoms with Gasteiger partial charge in [-0.05, 0) is 29.8 Å². The van der Waals surface area contributed by atoms with Gasteiger partial charge in [-0.1, -0.05) is 18.2 Å². The van der Waals surface area contributed by atoms with Gasteiger partial charge in [0.2, 0.25) is 0 Å². The fourth-order valence-corrected chi connectivity index (χ4v) is 2.07. The molecule has 1 heterocycles. The van der Waals surface area contributed by atoms with E-state index in [1.165, 1.54) is 12.1 Å². The zero-order valence-corrected chi connectivity index (χ0v) is 11.6. The van der Waals surface area contributed by atoms with Gasteiger partial charge in [-0.2, -0.15) is 0 Å². The summed E-state index contributed by atoms with van der Waals surface area (Å²) in [5, 5.41) is 8.99. The van der Waals surface area contributed by atoms with E-state index in [4.69, 9.17) is 5.11 Å². The Kier molecular flexibility index (Phi) is 5.40. The van der Waals surface area contributed by atoms with Crippen molar-refractivity contribution in [1.82, 2.24) is 9.88 Å². The van der Waals surface area contributed by atoms with Gasteiger partial charge in [-0.3, -0.25) is 14.7 Å². The molecule has 0 aliphatic carbocycles. The number of pyridine rings is 1. The average molecular weight is 288 g/mol. The lowest BCUT2D eigenvalue weighted by atomic mass is 10.2. The molecule has 0 unspecified atom stereocenters. The summed E-state index contributed by atoms with van der Waals surface area (Å²) < 4.78 is 12.9. The number of aromatic nitrogens is 1. The Bertz CT molecular complexity index is 573. The Morgan fingerprint density at radius 1 is 1.19 bits per heavy atom. The minimum Gasteiger partial charge on any atom is -0.480 e. The van der Waals surface area contributed by atoms with Crippen LogP contribution < -0.4 is 0 Å². The van der Waals surface area contributed by atoms with Crippen molar-refractivity contribution in [2.24, 2.45) is 0 Å². The lowest BCUT2D eigenvalue weighted by molar-refractivity contribution is -0.138. The van der Waals surface area contributed by atoms with Gasteiger partial charge in [0.25, 0.3) is 0 Å². The van der Waals surface area contributed by atoms with E-state index in [0.717, 1.165) is 11.3 Å². The quantitative estimate of drug-likeness (QED) is 0.849. The summed E-state index contributed by atoms with van der Waals surface area (Å²) in [7, 11) is 0. The number of benzene rings is 1. The fraction of sp³-hybridized carbons (Fsp3) is 0.250. The van der Waals surface area contributed by atoms with E-state index < -0.39 is 5.97 Å². The molecule has 2 aromatic rings. The van der Waals surface area contributed by atoms with Crippen molar-refractivity contribution < 1.29 is 14.3 Å². The Hall–Kier alpha value is -2.27. The van der Waals surface area contributed by atoms with Crippen LogP contribution in [0.15, 0.2) is 48.7 Å². The first kappa shape index (κ1) is 15.1. The second-order valence-corrected chi connectivity index (χ2v) is 4.80. The minimum atomic E-state index is -0.877. The predicted molar refractivity (Wildman–Crippen MR) is 77.3 cm³/mol. The molecule has 0 saturated heterocycles. The first-order valence-electron chi connectivity index (χ1n) is 6.72. The maximum Gasteiger partial charge on any atom is 0.317 e. The van der Waals surface area contributed by atoms with Gasteiger partial charge in [0.05, 0.1) is 6.54 Å². The summed E-state index contributed by atoms with van der Waals surface area (Å²) in [6, 6.07) is 11.8. The van der Waals surface area contributed by atoms with E-state index >= 15 is 0 Å². The van der Waals surface area contributed by atoms with Crippen LogP contribution in [0.25, 0.3) is 0 Å². The molecule has 0 bridgehead atoms. The Morgan fingerprint density at radius 3 is 2.57 bits per heavy atom. The standard InChI is InChI=1S/C16H17FN2O2/c17-14-6-4-13(5-7-14)11-19(12-16(20)21)10-8-15-3-1-2-9-18-15/h1-7,9H,8,10-12H2,(H,20,21). The molecule has 0 saturated carbocycles. The molecule has 110 valence electrons. The molecule has 4 nitrogen and oxygen atoms in total. The highest BCUT2D eigenvalue weighted by Crippen LogP contribution is 2.08. The number of carboxylic acids is 1. The van der Waals surface area contributed by atoms with Crippen molar-refractivity contribution in [3.05, 3.63) is 65.7 Å². The molecule has 0 aliphatic rings. The number of nitrogens with zero attached hydrogens (tertiary/aromatic N) is 2. The third kappa shape index (κ3) is 5.31. The zero-order valence-electron chi connectivity index (χ0n) is 11.6. The third-order valence-electron chi connectivity index (χ3n) is 3.09. The fourth-order valence-electron chi connectivity index (χ4n) is 2.07. The number of aliphatic carboxylic acids is 1. The number of carbonyl (C=O) groups is 1. The number of hydrogen-bond acceptors (Lipinski definition) is 3. The third-order valence-corrected chi connectivity index (χ3v) is 3.09. The molecule has 5 heteroatoms. The Labute approximate surface area is 122 Å². The Morgan fingerprint density at radius 2 is 1.95 bits per heavy atom. The van der Waals surface area contributed by atoms with Crippen LogP contribution in [0.2, 0.25) is 0 Å². The highest BCUT2D eigenvalue weighted by atomic mass is 19.1. The topological polar surface area (TPSA) is 53.4 Å². The van der Waals surface area contributed by atoms with Gasteiger partial charge in [-0.15, -0.1) is 0 Å². The largest absolute Gasteiger partial charge is 0.480 e. The minimum absolute atomic E-state index is 0.0514. The number of carboxylic acid groups (broad SMARTS) is 1. The summed E-state index contributed by atoms with van der Waals surface area (Å²) in [6.45, 7) is 1.00. The van der Waals surface area contributed by atoms with Crippen LogP contribution in [-0.4, -0.2) is 34.0 Å². The molecular weight excluding hydrogens is 271 g/mol.